The van der Waals surface area contributed by atoms with Crippen LogP contribution in [0.15, 0.2) is 18.3 Å². The topological polar surface area (TPSA) is 88.5 Å². The molecule has 1 fully saturated rings. The van der Waals surface area contributed by atoms with E-state index in [2.05, 4.69) is 10.3 Å². The van der Waals surface area contributed by atoms with Crippen molar-refractivity contribution in [1.82, 2.24) is 10.3 Å². The molecule has 2 unspecified atom stereocenters. The van der Waals surface area contributed by atoms with E-state index >= 15 is 0 Å². The number of hydrogen-bond acceptors (Lipinski definition) is 4. The maximum atomic E-state index is 11.8. The molecule has 1 aromatic heterocycles. The second-order valence-corrected chi connectivity index (χ2v) is 4.91. The zero-order valence-corrected chi connectivity index (χ0v) is 11.3. The molecule has 1 amide bonds. The molecule has 2 N–H and O–H groups in total. The van der Waals surface area contributed by atoms with E-state index in [1.165, 1.54) is 0 Å². The molecule has 1 aromatic rings. The van der Waals surface area contributed by atoms with E-state index < -0.39 is 12.1 Å². The van der Waals surface area contributed by atoms with Crippen LogP contribution in [0.4, 0.5) is 0 Å². The van der Waals surface area contributed by atoms with Gasteiger partial charge in [0, 0.05) is 12.7 Å². The molecule has 2 atom stereocenters. The number of carboxylic acid groups (broad SMARTS) is 1. The summed E-state index contributed by atoms with van der Waals surface area (Å²) in [4.78, 5) is 26.7. The first-order valence-electron chi connectivity index (χ1n) is 6.61. The summed E-state index contributed by atoms with van der Waals surface area (Å²) in [6.07, 6.45) is 2.07. The Labute approximate surface area is 117 Å². The van der Waals surface area contributed by atoms with Crippen molar-refractivity contribution in [3.05, 3.63) is 29.6 Å². The molecule has 6 nitrogen and oxygen atoms in total. The number of aryl methyl sites for hydroxylation is 1. The lowest BCUT2D eigenvalue weighted by Crippen LogP contribution is -2.34. The van der Waals surface area contributed by atoms with E-state index in [1.54, 1.807) is 6.20 Å². The number of nitrogens with zero attached hydrogens (tertiary/aromatic N) is 1. The van der Waals surface area contributed by atoms with Crippen LogP contribution in [0.5, 0.6) is 0 Å². The smallest absolute Gasteiger partial charge is 0.332 e. The van der Waals surface area contributed by atoms with Crippen LogP contribution in [0.25, 0.3) is 0 Å². The number of aromatic nitrogens is 1. The Kier molecular flexibility index (Phi) is 4.68. The minimum atomic E-state index is -0.942. The Bertz CT molecular complexity index is 504. The normalized spacial score (nSPS) is 21.6. The van der Waals surface area contributed by atoms with Crippen LogP contribution in [-0.4, -0.2) is 40.7 Å². The third-order valence-electron chi connectivity index (χ3n) is 3.36. The first kappa shape index (κ1) is 14.5. The van der Waals surface area contributed by atoms with Gasteiger partial charge >= 0.3 is 5.97 Å². The van der Waals surface area contributed by atoms with Crippen LogP contribution in [0, 0.1) is 6.92 Å². The Morgan fingerprint density at radius 3 is 2.95 bits per heavy atom. The van der Waals surface area contributed by atoms with Crippen LogP contribution in [0.3, 0.4) is 0 Å². The molecule has 0 bridgehead atoms. The lowest BCUT2D eigenvalue weighted by molar-refractivity contribution is -0.149. The van der Waals surface area contributed by atoms with Crippen LogP contribution >= 0.6 is 0 Å². The average molecular weight is 278 g/mol. The van der Waals surface area contributed by atoms with Gasteiger partial charge in [-0.05, 0) is 31.4 Å². The first-order valence-corrected chi connectivity index (χ1v) is 6.61. The molecule has 6 heteroatoms. The molecule has 0 aliphatic carbocycles. The average Bonchev–Trinajstić information content (AvgIpc) is 2.88. The van der Waals surface area contributed by atoms with Gasteiger partial charge in [0.15, 0.2) is 6.10 Å². The van der Waals surface area contributed by atoms with E-state index in [0.717, 1.165) is 11.3 Å². The van der Waals surface area contributed by atoms with Gasteiger partial charge in [-0.25, -0.2) is 4.79 Å². The van der Waals surface area contributed by atoms with E-state index in [1.807, 2.05) is 19.1 Å². The minimum absolute atomic E-state index is 0.130. The van der Waals surface area contributed by atoms with E-state index in [9.17, 15) is 9.59 Å². The second kappa shape index (κ2) is 6.47. The molecule has 2 heterocycles. The summed E-state index contributed by atoms with van der Waals surface area (Å²) in [5, 5.41) is 11.6. The molecular weight excluding hydrogens is 260 g/mol. The summed E-state index contributed by atoms with van der Waals surface area (Å²) in [5.41, 5.74) is 1.73. The molecule has 0 radical (unpaired) electrons. The van der Waals surface area contributed by atoms with Gasteiger partial charge in [0.2, 0.25) is 5.91 Å². The van der Waals surface area contributed by atoms with Gasteiger partial charge in [0.1, 0.15) is 0 Å². The lowest BCUT2D eigenvalue weighted by atomic mass is 10.1. The van der Waals surface area contributed by atoms with E-state index in [0.29, 0.717) is 19.4 Å². The summed E-state index contributed by atoms with van der Waals surface area (Å²) in [6, 6.07) is 3.74. The number of carbonyl (C=O) groups excluding carboxylic acids is 1. The van der Waals surface area contributed by atoms with Crippen molar-refractivity contribution >= 4 is 11.9 Å². The standard InChI is InChI=1S/C14H18N2O4/c1-9-3-2-6-15-11(9)7-13(17)16-8-10-4-5-12(20-10)14(18)19/h2-3,6,10,12H,4-5,7-8H2,1H3,(H,16,17)(H,18,19). The van der Waals surface area contributed by atoms with Crippen molar-refractivity contribution in [2.75, 3.05) is 6.54 Å². The molecule has 1 aliphatic rings. The van der Waals surface area contributed by atoms with Gasteiger partial charge in [0.25, 0.3) is 0 Å². The maximum Gasteiger partial charge on any atom is 0.332 e. The molecule has 0 saturated carbocycles. The Morgan fingerprint density at radius 2 is 2.30 bits per heavy atom. The summed E-state index contributed by atoms with van der Waals surface area (Å²) < 4.78 is 5.32. The number of hydrogen-bond donors (Lipinski definition) is 2. The number of ether oxygens (including phenoxy) is 1. The fourth-order valence-electron chi connectivity index (χ4n) is 2.18. The summed E-state index contributed by atoms with van der Waals surface area (Å²) in [6.45, 7) is 2.25. The van der Waals surface area contributed by atoms with Crippen molar-refractivity contribution in [2.45, 2.75) is 38.4 Å². The summed E-state index contributed by atoms with van der Waals surface area (Å²) >= 11 is 0. The van der Waals surface area contributed by atoms with Gasteiger partial charge < -0.3 is 15.2 Å². The third-order valence-corrected chi connectivity index (χ3v) is 3.36. The number of pyridine rings is 1. The van der Waals surface area contributed by atoms with E-state index in [-0.39, 0.29) is 18.4 Å². The number of nitrogens with one attached hydrogen (secondary N) is 1. The van der Waals surface area contributed by atoms with Gasteiger partial charge in [-0.2, -0.15) is 0 Å². The maximum absolute atomic E-state index is 11.8. The van der Waals surface area contributed by atoms with Crippen LogP contribution in [-0.2, 0) is 20.7 Å². The van der Waals surface area contributed by atoms with Crippen LogP contribution in [0.1, 0.15) is 24.1 Å². The number of carbonyl (C=O) groups is 2. The first-order chi connectivity index (χ1) is 9.56. The highest BCUT2D eigenvalue weighted by Gasteiger charge is 2.30. The molecule has 2 rings (SSSR count). The van der Waals surface area contributed by atoms with Gasteiger partial charge in [0.05, 0.1) is 18.2 Å². The Hall–Kier alpha value is -1.95. The highest BCUT2D eigenvalue weighted by Crippen LogP contribution is 2.19. The predicted octanol–water partition coefficient (Wildman–Crippen LogP) is 0.681. The second-order valence-electron chi connectivity index (χ2n) is 4.91. The predicted molar refractivity (Wildman–Crippen MR) is 71.2 cm³/mol. The molecule has 20 heavy (non-hydrogen) atoms. The number of aliphatic carboxylic acids is 1. The van der Waals surface area contributed by atoms with Crippen molar-refractivity contribution in [3.63, 3.8) is 0 Å². The molecule has 108 valence electrons. The SMILES string of the molecule is Cc1cccnc1CC(=O)NCC1CCC(C(=O)O)O1. The Morgan fingerprint density at radius 1 is 1.50 bits per heavy atom. The molecule has 0 spiro atoms. The van der Waals surface area contributed by atoms with Gasteiger partial charge in [-0.15, -0.1) is 0 Å². The van der Waals surface area contributed by atoms with Gasteiger partial charge in [-0.3, -0.25) is 9.78 Å². The zero-order valence-electron chi connectivity index (χ0n) is 11.3. The van der Waals surface area contributed by atoms with Crippen molar-refractivity contribution < 1.29 is 19.4 Å². The number of amides is 1. The summed E-state index contributed by atoms with van der Waals surface area (Å²) in [5.74, 6) is -1.07. The number of carboxylic acids is 1. The molecule has 1 saturated heterocycles. The zero-order chi connectivity index (χ0) is 14.5. The quantitative estimate of drug-likeness (QED) is 0.827. The van der Waals surface area contributed by atoms with E-state index in [4.69, 9.17) is 9.84 Å². The highest BCUT2D eigenvalue weighted by atomic mass is 16.5. The molecular formula is C14H18N2O4. The lowest BCUT2D eigenvalue weighted by Gasteiger charge is -2.12. The summed E-state index contributed by atoms with van der Waals surface area (Å²) in [7, 11) is 0. The number of rotatable bonds is 5. The van der Waals surface area contributed by atoms with Crippen LogP contribution in [0.2, 0.25) is 0 Å². The van der Waals surface area contributed by atoms with Crippen molar-refractivity contribution in [2.24, 2.45) is 0 Å². The minimum Gasteiger partial charge on any atom is -0.479 e. The largest absolute Gasteiger partial charge is 0.479 e. The molecule has 0 aromatic carbocycles. The molecule has 1 aliphatic heterocycles. The fraction of sp³-hybridized carbons (Fsp3) is 0.500. The van der Waals surface area contributed by atoms with Crippen molar-refractivity contribution in [3.8, 4) is 0 Å². The van der Waals surface area contributed by atoms with Crippen LogP contribution < -0.4 is 5.32 Å². The third kappa shape index (κ3) is 3.77. The van der Waals surface area contributed by atoms with Gasteiger partial charge in [-0.1, -0.05) is 6.07 Å². The van der Waals surface area contributed by atoms with Crippen molar-refractivity contribution in [1.29, 1.82) is 0 Å². The monoisotopic (exact) mass is 278 g/mol. The fourth-order valence-corrected chi connectivity index (χ4v) is 2.18. The highest BCUT2D eigenvalue weighted by molar-refractivity contribution is 5.78. The Balaban J connectivity index is 1.76.